The zero-order valence-corrected chi connectivity index (χ0v) is 14.8. The van der Waals surface area contributed by atoms with E-state index in [0.717, 1.165) is 11.6 Å². The lowest BCUT2D eigenvalue weighted by Gasteiger charge is -2.20. The Hall–Kier alpha value is -0.530. The monoisotopic (exact) mass is 309 g/mol. The summed E-state index contributed by atoms with van der Waals surface area (Å²) in [6.45, 7) is 7.76. The van der Waals surface area contributed by atoms with E-state index in [1.807, 2.05) is 12.1 Å². The summed E-state index contributed by atoms with van der Waals surface area (Å²) in [6, 6.07) is 8.95. The van der Waals surface area contributed by atoms with Crippen molar-refractivity contribution >= 4 is 11.6 Å². The van der Waals surface area contributed by atoms with Crippen LogP contribution in [-0.2, 0) is 0 Å². The number of halogens is 1. The highest BCUT2D eigenvalue weighted by atomic mass is 35.5. The number of nitrogens with one attached hydrogen (secondary N) is 1. The Kier molecular flexibility index (Phi) is 9.78. The molecule has 0 saturated heterocycles. The smallest absolute Gasteiger partial charge is 0.0406 e. The Morgan fingerprint density at radius 3 is 2.19 bits per heavy atom. The highest BCUT2D eigenvalue weighted by molar-refractivity contribution is 6.30. The summed E-state index contributed by atoms with van der Waals surface area (Å²) in [5, 5.41) is 4.41. The average molecular weight is 310 g/mol. The van der Waals surface area contributed by atoms with E-state index in [0.29, 0.717) is 12.0 Å². The quantitative estimate of drug-likeness (QED) is 0.482. The van der Waals surface area contributed by atoms with Crippen molar-refractivity contribution in [3.8, 4) is 0 Å². The van der Waals surface area contributed by atoms with Crippen LogP contribution in [0.4, 0.5) is 0 Å². The minimum atomic E-state index is 0.546. The van der Waals surface area contributed by atoms with E-state index in [1.165, 1.54) is 50.5 Å². The Morgan fingerprint density at radius 2 is 1.57 bits per heavy atom. The maximum absolute atomic E-state index is 6.00. The normalized spacial score (nSPS) is 12.8. The Morgan fingerprint density at radius 1 is 0.952 bits per heavy atom. The highest BCUT2D eigenvalue weighted by Gasteiger charge is 2.11. The second-order valence-corrected chi connectivity index (χ2v) is 6.80. The number of hydrogen-bond donors (Lipinski definition) is 1. The maximum Gasteiger partial charge on any atom is 0.0406 e. The van der Waals surface area contributed by atoms with Crippen LogP contribution in [0.3, 0.4) is 0 Å². The van der Waals surface area contributed by atoms with Gasteiger partial charge in [0.2, 0.25) is 0 Å². The second-order valence-electron chi connectivity index (χ2n) is 6.37. The molecule has 120 valence electrons. The van der Waals surface area contributed by atoms with Gasteiger partial charge in [-0.05, 0) is 30.0 Å². The SMILES string of the molecule is CCCCCCCCC(CNC(C)C)c1ccc(Cl)cc1. The van der Waals surface area contributed by atoms with Gasteiger partial charge in [-0.15, -0.1) is 0 Å². The summed E-state index contributed by atoms with van der Waals surface area (Å²) in [7, 11) is 0. The molecule has 0 amide bonds. The van der Waals surface area contributed by atoms with Crippen molar-refractivity contribution < 1.29 is 0 Å². The lowest BCUT2D eigenvalue weighted by atomic mass is 9.92. The predicted octanol–water partition coefficient (Wildman–Crippen LogP) is 6.17. The maximum atomic E-state index is 6.00. The molecule has 21 heavy (non-hydrogen) atoms. The molecule has 0 radical (unpaired) electrons. The zero-order valence-electron chi connectivity index (χ0n) is 14.0. The van der Waals surface area contributed by atoms with E-state index < -0.39 is 0 Å². The van der Waals surface area contributed by atoms with Gasteiger partial charge in [-0.3, -0.25) is 0 Å². The molecule has 0 saturated carbocycles. The Balaban J connectivity index is 2.42. The first-order valence-corrected chi connectivity index (χ1v) is 9.00. The van der Waals surface area contributed by atoms with Crippen LogP contribution in [0.25, 0.3) is 0 Å². The lowest BCUT2D eigenvalue weighted by Crippen LogP contribution is -2.28. The highest BCUT2D eigenvalue weighted by Crippen LogP contribution is 2.24. The van der Waals surface area contributed by atoms with Gasteiger partial charge in [0.05, 0.1) is 0 Å². The van der Waals surface area contributed by atoms with E-state index >= 15 is 0 Å². The fourth-order valence-electron chi connectivity index (χ4n) is 2.67. The molecule has 0 aliphatic carbocycles. The van der Waals surface area contributed by atoms with Crippen LogP contribution < -0.4 is 5.32 Å². The van der Waals surface area contributed by atoms with E-state index in [1.54, 1.807) is 0 Å². The summed E-state index contributed by atoms with van der Waals surface area (Å²) >= 11 is 6.00. The molecule has 0 aliphatic rings. The molecule has 0 bridgehead atoms. The Bertz CT molecular complexity index is 358. The van der Waals surface area contributed by atoms with Crippen LogP contribution in [0.5, 0.6) is 0 Å². The van der Waals surface area contributed by atoms with Gasteiger partial charge in [0.15, 0.2) is 0 Å². The second kappa shape index (κ2) is 11.1. The Labute approximate surface area is 136 Å². The largest absolute Gasteiger partial charge is 0.314 e. The lowest BCUT2D eigenvalue weighted by molar-refractivity contribution is 0.482. The third-order valence-electron chi connectivity index (χ3n) is 4.02. The first-order valence-electron chi connectivity index (χ1n) is 8.62. The zero-order chi connectivity index (χ0) is 15.5. The average Bonchev–Trinajstić information content (AvgIpc) is 2.46. The molecule has 0 fully saturated rings. The first-order chi connectivity index (χ1) is 10.1. The molecule has 1 N–H and O–H groups in total. The topological polar surface area (TPSA) is 12.0 Å². The molecule has 0 spiro atoms. The predicted molar refractivity (Wildman–Crippen MR) is 95.3 cm³/mol. The fourth-order valence-corrected chi connectivity index (χ4v) is 2.80. The molecule has 0 heterocycles. The summed E-state index contributed by atoms with van der Waals surface area (Å²) < 4.78 is 0. The molecule has 2 heteroatoms. The van der Waals surface area contributed by atoms with E-state index in [9.17, 15) is 0 Å². The fraction of sp³-hybridized carbons (Fsp3) is 0.684. The minimum absolute atomic E-state index is 0.546. The number of rotatable bonds is 11. The minimum Gasteiger partial charge on any atom is -0.314 e. The van der Waals surface area contributed by atoms with Crippen molar-refractivity contribution in [2.75, 3.05) is 6.54 Å². The van der Waals surface area contributed by atoms with Crippen LogP contribution >= 0.6 is 11.6 Å². The summed E-state index contributed by atoms with van der Waals surface area (Å²) in [6.07, 6.45) is 9.46. The van der Waals surface area contributed by atoms with Gasteiger partial charge in [-0.1, -0.05) is 83.0 Å². The van der Waals surface area contributed by atoms with Crippen LogP contribution in [0.2, 0.25) is 5.02 Å². The molecular formula is C19H32ClN. The van der Waals surface area contributed by atoms with Gasteiger partial charge >= 0.3 is 0 Å². The standard InChI is InChI=1S/C19H32ClN/c1-4-5-6-7-8-9-10-18(15-21-16(2)3)17-11-13-19(20)14-12-17/h11-14,16,18,21H,4-10,15H2,1-3H3. The van der Waals surface area contributed by atoms with Gasteiger partial charge in [0, 0.05) is 17.6 Å². The number of hydrogen-bond acceptors (Lipinski definition) is 1. The van der Waals surface area contributed by atoms with Crippen molar-refractivity contribution in [1.82, 2.24) is 5.32 Å². The van der Waals surface area contributed by atoms with Crippen LogP contribution in [0.15, 0.2) is 24.3 Å². The molecular weight excluding hydrogens is 278 g/mol. The van der Waals surface area contributed by atoms with Crippen molar-refractivity contribution in [2.45, 2.75) is 77.7 Å². The van der Waals surface area contributed by atoms with Gasteiger partial charge in [0.25, 0.3) is 0 Å². The molecule has 1 unspecified atom stereocenters. The molecule has 1 aromatic carbocycles. The van der Waals surface area contributed by atoms with Crippen LogP contribution in [-0.4, -0.2) is 12.6 Å². The molecule has 1 atom stereocenters. The molecule has 0 aromatic heterocycles. The van der Waals surface area contributed by atoms with Crippen molar-refractivity contribution in [3.05, 3.63) is 34.9 Å². The summed E-state index contributed by atoms with van der Waals surface area (Å²) in [4.78, 5) is 0. The van der Waals surface area contributed by atoms with Crippen molar-refractivity contribution in [1.29, 1.82) is 0 Å². The van der Waals surface area contributed by atoms with Crippen molar-refractivity contribution in [3.63, 3.8) is 0 Å². The van der Waals surface area contributed by atoms with Crippen LogP contribution in [0.1, 0.15) is 77.2 Å². The van der Waals surface area contributed by atoms with Gasteiger partial charge in [0.1, 0.15) is 0 Å². The van der Waals surface area contributed by atoms with E-state index in [-0.39, 0.29) is 0 Å². The van der Waals surface area contributed by atoms with E-state index in [4.69, 9.17) is 11.6 Å². The number of unbranched alkanes of at least 4 members (excludes halogenated alkanes) is 5. The molecule has 1 aromatic rings. The third kappa shape index (κ3) is 8.48. The van der Waals surface area contributed by atoms with Gasteiger partial charge < -0.3 is 5.32 Å². The summed E-state index contributed by atoms with van der Waals surface area (Å²) in [5.41, 5.74) is 1.42. The van der Waals surface area contributed by atoms with E-state index in [2.05, 4.69) is 38.2 Å². The van der Waals surface area contributed by atoms with Gasteiger partial charge in [-0.25, -0.2) is 0 Å². The van der Waals surface area contributed by atoms with Gasteiger partial charge in [-0.2, -0.15) is 0 Å². The third-order valence-corrected chi connectivity index (χ3v) is 4.27. The van der Waals surface area contributed by atoms with Crippen molar-refractivity contribution in [2.24, 2.45) is 0 Å². The molecule has 0 aliphatic heterocycles. The molecule has 1 rings (SSSR count). The molecule has 1 nitrogen and oxygen atoms in total. The number of benzene rings is 1. The summed E-state index contributed by atoms with van der Waals surface area (Å²) in [5.74, 6) is 0.607. The first kappa shape index (κ1) is 18.5. The van der Waals surface area contributed by atoms with Crippen LogP contribution in [0, 0.1) is 0 Å².